The number of amides is 1. The zero-order valence-corrected chi connectivity index (χ0v) is 15.4. The van der Waals surface area contributed by atoms with E-state index in [0.29, 0.717) is 24.6 Å². The van der Waals surface area contributed by atoms with E-state index >= 15 is 0 Å². The molecule has 2 heterocycles. The number of hydrogen-bond acceptors (Lipinski definition) is 5. The molecule has 0 bridgehead atoms. The summed E-state index contributed by atoms with van der Waals surface area (Å²) in [6.45, 7) is 6.38. The summed E-state index contributed by atoms with van der Waals surface area (Å²) in [4.78, 5) is 13.2. The molecule has 0 radical (unpaired) electrons. The van der Waals surface area contributed by atoms with E-state index in [1.54, 1.807) is 11.3 Å². The molecule has 1 N–H and O–H groups in total. The number of nitrogens with one attached hydrogen (secondary N) is 1. The molecule has 1 amide bonds. The van der Waals surface area contributed by atoms with Gasteiger partial charge < -0.3 is 9.73 Å². The van der Waals surface area contributed by atoms with E-state index in [2.05, 4.69) is 36.3 Å². The molecule has 0 saturated heterocycles. The second kappa shape index (κ2) is 7.19. The maximum atomic E-state index is 12.3. The Kier molecular flexibility index (Phi) is 4.99. The number of rotatable bonds is 5. The fourth-order valence-electron chi connectivity index (χ4n) is 2.53. The van der Waals surface area contributed by atoms with E-state index in [1.807, 2.05) is 41.8 Å². The lowest BCUT2D eigenvalue weighted by Gasteiger charge is -2.22. The number of aromatic nitrogens is 2. The lowest BCUT2D eigenvalue weighted by Crippen LogP contribution is -2.18. The predicted octanol–water partition coefficient (Wildman–Crippen LogP) is 4.67. The minimum atomic E-state index is -0.0624. The molecule has 3 aromatic rings. The van der Waals surface area contributed by atoms with Crippen molar-refractivity contribution in [2.45, 2.75) is 39.0 Å². The van der Waals surface area contributed by atoms with Crippen LogP contribution in [-0.4, -0.2) is 16.1 Å². The molecule has 0 aliphatic heterocycles. The Morgan fingerprint density at radius 2 is 1.96 bits per heavy atom. The lowest BCUT2D eigenvalue weighted by atomic mass is 9.86. The molecule has 0 spiro atoms. The third-order valence-corrected chi connectivity index (χ3v) is 4.63. The molecule has 6 heteroatoms. The van der Waals surface area contributed by atoms with E-state index in [4.69, 9.17) is 4.42 Å². The minimum absolute atomic E-state index is 0.0357. The Labute approximate surface area is 151 Å². The topological polar surface area (TPSA) is 68.0 Å². The molecule has 0 saturated carbocycles. The van der Waals surface area contributed by atoms with Gasteiger partial charge in [0, 0.05) is 18.5 Å². The molecule has 0 aliphatic carbocycles. The molecule has 5 nitrogen and oxygen atoms in total. The van der Waals surface area contributed by atoms with Crippen molar-refractivity contribution < 1.29 is 9.21 Å². The van der Waals surface area contributed by atoms with Gasteiger partial charge in [-0.15, -0.1) is 21.5 Å². The van der Waals surface area contributed by atoms with Gasteiger partial charge in [0.15, 0.2) is 0 Å². The van der Waals surface area contributed by atoms with Crippen LogP contribution in [0.5, 0.6) is 0 Å². The van der Waals surface area contributed by atoms with E-state index in [9.17, 15) is 4.79 Å². The van der Waals surface area contributed by atoms with Crippen LogP contribution < -0.4 is 5.32 Å². The number of thiophene rings is 1. The highest BCUT2D eigenvalue weighted by Gasteiger charge is 2.19. The van der Waals surface area contributed by atoms with E-state index in [1.165, 1.54) is 0 Å². The number of aryl methyl sites for hydroxylation is 1. The Bertz CT molecular complexity index is 848. The summed E-state index contributed by atoms with van der Waals surface area (Å²) >= 11 is 1.54. The van der Waals surface area contributed by atoms with Crippen LogP contribution in [0.15, 0.2) is 46.2 Å². The van der Waals surface area contributed by atoms with Crippen molar-refractivity contribution in [3.63, 3.8) is 0 Å². The van der Waals surface area contributed by atoms with Crippen molar-refractivity contribution in [3.8, 4) is 10.8 Å². The Hall–Kier alpha value is -2.47. The summed E-state index contributed by atoms with van der Waals surface area (Å²) in [5.74, 6) is 0.915. The highest BCUT2D eigenvalue weighted by molar-refractivity contribution is 7.13. The molecule has 130 valence electrons. The van der Waals surface area contributed by atoms with E-state index < -0.39 is 0 Å². The van der Waals surface area contributed by atoms with Crippen molar-refractivity contribution in [2.24, 2.45) is 0 Å². The number of hydrogen-bond donors (Lipinski definition) is 1. The van der Waals surface area contributed by atoms with Crippen LogP contribution in [0.4, 0.5) is 5.69 Å². The largest absolute Gasteiger partial charge is 0.420 e. The maximum Gasteiger partial charge on any atom is 0.257 e. The molecular formula is C19H21N3O2S. The van der Waals surface area contributed by atoms with Crippen LogP contribution in [0, 0.1) is 0 Å². The third-order valence-electron chi connectivity index (χ3n) is 3.77. The molecule has 0 unspecified atom stereocenters. The van der Waals surface area contributed by atoms with Gasteiger partial charge in [-0.2, -0.15) is 0 Å². The molecule has 3 rings (SSSR count). The molecule has 0 aliphatic rings. The summed E-state index contributed by atoms with van der Waals surface area (Å²) in [5, 5.41) is 13.0. The normalized spacial score (nSPS) is 11.5. The van der Waals surface area contributed by atoms with E-state index in [0.717, 1.165) is 16.1 Å². The Balaban J connectivity index is 1.61. The first-order valence-corrected chi connectivity index (χ1v) is 9.07. The standard InChI is InChI=1S/C19H21N3O2S/c1-19(2,3)13-7-4-5-8-14(13)20-16(23)10-11-17-21-22-18(24-17)15-9-6-12-25-15/h4-9,12H,10-11H2,1-3H3,(H,20,23). The summed E-state index contributed by atoms with van der Waals surface area (Å²) in [7, 11) is 0. The average Bonchev–Trinajstić information content (AvgIpc) is 3.24. The highest BCUT2D eigenvalue weighted by atomic mass is 32.1. The Morgan fingerprint density at radius 3 is 2.68 bits per heavy atom. The fourth-order valence-corrected chi connectivity index (χ4v) is 3.18. The van der Waals surface area contributed by atoms with Crippen molar-refractivity contribution in [2.75, 3.05) is 5.32 Å². The van der Waals surface area contributed by atoms with Gasteiger partial charge in [0.1, 0.15) is 0 Å². The molecular weight excluding hydrogens is 334 g/mol. The van der Waals surface area contributed by atoms with Gasteiger partial charge in [-0.1, -0.05) is 45.0 Å². The maximum absolute atomic E-state index is 12.3. The number of nitrogens with zero attached hydrogens (tertiary/aromatic N) is 2. The highest BCUT2D eigenvalue weighted by Crippen LogP contribution is 2.29. The van der Waals surface area contributed by atoms with Gasteiger partial charge >= 0.3 is 0 Å². The van der Waals surface area contributed by atoms with Gasteiger partial charge in [-0.25, -0.2) is 0 Å². The van der Waals surface area contributed by atoms with Crippen molar-refractivity contribution in [1.82, 2.24) is 10.2 Å². The zero-order valence-electron chi connectivity index (χ0n) is 14.6. The van der Waals surface area contributed by atoms with E-state index in [-0.39, 0.29) is 11.3 Å². The second-order valence-corrected chi connectivity index (χ2v) is 7.77. The van der Waals surface area contributed by atoms with Crippen LogP contribution in [0.25, 0.3) is 10.8 Å². The SMILES string of the molecule is CC(C)(C)c1ccccc1NC(=O)CCc1nnc(-c2cccs2)o1. The minimum Gasteiger partial charge on any atom is -0.420 e. The summed E-state index contributed by atoms with van der Waals surface area (Å²) in [6, 6.07) is 11.8. The van der Waals surface area contributed by atoms with Gasteiger partial charge in [0.2, 0.25) is 11.8 Å². The van der Waals surface area contributed by atoms with Crippen LogP contribution in [0.2, 0.25) is 0 Å². The van der Waals surface area contributed by atoms with Crippen molar-refractivity contribution in [3.05, 3.63) is 53.2 Å². The number of anilines is 1. The molecule has 2 aromatic heterocycles. The first kappa shape index (κ1) is 17.4. The first-order chi connectivity index (χ1) is 11.9. The van der Waals surface area contributed by atoms with Gasteiger partial charge in [-0.05, 0) is 28.5 Å². The predicted molar refractivity (Wildman–Crippen MR) is 99.7 cm³/mol. The second-order valence-electron chi connectivity index (χ2n) is 6.82. The molecule has 0 atom stereocenters. The first-order valence-electron chi connectivity index (χ1n) is 8.19. The van der Waals surface area contributed by atoms with Crippen LogP contribution in [0.3, 0.4) is 0 Å². The summed E-state index contributed by atoms with van der Waals surface area (Å²) < 4.78 is 5.61. The monoisotopic (exact) mass is 355 g/mol. The van der Waals surface area contributed by atoms with Gasteiger partial charge in [0.05, 0.1) is 4.88 Å². The third kappa shape index (κ3) is 4.33. The lowest BCUT2D eigenvalue weighted by molar-refractivity contribution is -0.116. The number of para-hydroxylation sites is 1. The summed E-state index contributed by atoms with van der Waals surface area (Å²) in [6.07, 6.45) is 0.715. The van der Waals surface area contributed by atoms with Crippen LogP contribution >= 0.6 is 11.3 Å². The zero-order chi connectivity index (χ0) is 17.9. The quantitative estimate of drug-likeness (QED) is 0.722. The van der Waals surface area contributed by atoms with Gasteiger partial charge in [-0.3, -0.25) is 4.79 Å². The molecule has 1 aromatic carbocycles. The van der Waals surface area contributed by atoms with Crippen LogP contribution in [0.1, 0.15) is 38.6 Å². The smallest absolute Gasteiger partial charge is 0.257 e. The molecule has 25 heavy (non-hydrogen) atoms. The summed E-state index contributed by atoms with van der Waals surface area (Å²) in [5.41, 5.74) is 1.93. The fraction of sp³-hybridized carbons (Fsp3) is 0.316. The van der Waals surface area contributed by atoms with Gasteiger partial charge in [0.25, 0.3) is 5.89 Å². The molecule has 0 fully saturated rings. The van der Waals surface area contributed by atoms with Crippen molar-refractivity contribution >= 4 is 22.9 Å². The Morgan fingerprint density at radius 1 is 1.16 bits per heavy atom. The van der Waals surface area contributed by atoms with Crippen molar-refractivity contribution in [1.29, 1.82) is 0 Å². The average molecular weight is 355 g/mol. The van der Waals surface area contributed by atoms with Crippen LogP contribution in [-0.2, 0) is 16.6 Å². The number of carbonyl (C=O) groups is 1. The number of benzene rings is 1. The number of carbonyl (C=O) groups excluding carboxylic acids is 1.